The average molecular weight is 312 g/mol. The van der Waals surface area contributed by atoms with Crippen LogP contribution in [0.4, 0.5) is 10.1 Å². The van der Waals surface area contributed by atoms with Crippen molar-refractivity contribution in [1.82, 2.24) is 0 Å². The van der Waals surface area contributed by atoms with Crippen LogP contribution in [0, 0.1) is 6.92 Å². The van der Waals surface area contributed by atoms with Gasteiger partial charge in [0.2, 0.25) is 0 Å². The molecule has 5 heteroatoms. The predicted octanol–water partition coefficient (Wildman–Crippen LogP) is 3.59. The molecule has 3 rings (SSSR count). The van der Waals surface area contributed by atoms with Gasteiger partial charge in [0.25, 0.3) is 11.6 Å². The van der Waals surface area contributed by atoms with E-state index in [1.54, 1.807) is 36.4 Å². The third-order valence-electron chi connectivity index (χ3n) is 3.96. The van der Waals surface area contributed by atoms with Gasteiger partial charge in [0.05, 0.1) is 18.5 Å². The average Bonchev–Trinajstić information content (AvgIpc) is 2.80. The van der Waals surface area contributed by atoms with Gasteiger partial charge in [0.1, 0.15) is 5.75 Å². The highest BCUT2D eigenvalue weighted by molar-refractivity contribution is 6.21. The van der Waals surface area contributed by atoms with Gasteiger partial charge in [-0.25, -0.2) is 4.39 Å². The van der Waals surface area contributed by atoms with E-state index in [0.29, 0.717) is 11.4 Å². The van der Waals surface area contributed by atoms with E-state index in [0.717, 1.165) is 10.6 Å². The first-order valence-electron chi connectivity index (χ1n) is 7.28. The summed E-state index contributed by atoms with van der Waals surface area (Å²) in [7, 11) is 1.46. The molecule has 0 N–H and O–H groups in total. The van der Waals surface area contributed by atoms with Crippen molar-refractivity contribution in [2.24, 2.45) is 5.10 Å². The van der Waals surface area contributed by atoms with Crippen LogP contribution in [-0.2, 0) is 10.5 Å². The molecular formula is C18H17FN2O2. The Balaban J connectivity index is 2.12. The normalized spacial score (nSPS) is 20.6. The summed E-state index contributed by atoms with van der Waals surface area (Å²) in [5, 5.41) is 5.25. The number of anilines is 1. The van der Waals surface area contributed by atoms with E-state index < -0.39 is 11.6 Å². The van der Waals surface area contributed by atoms with Crippen LogP contribution in [-0.4, -0.2) is 18.7 Å². The summed E-state index contributed by atoms with van der Waals surface area (Å²) in [4.78, 5) is 12.8. The molecule has 0 aliphatic carbocycles. The quantitative estimate of drug-likeness (QED) is 0.869. The second-order valence-electron chi connectivity index (χ2n) is 5.50. The SMILES string of the molecule is COc1ccc(C)cc1C1(F)C(=O)N(c2ccccc2)N=C1C. The van der Waals surface area contributed by atoms with E-state index in [9.17, 15) is 4.79 Å². The number of para-hydroxylation sites is 1. The molecule has 2 aromatic rings. The highest BCUT2D eigenvalue weighted by Gasteiger charge is 2.53. The Bertz CT molecular complexity index is 789. The van der Waals surface area contributed by atoms with Crippen molar-refractivity contribution in [3.05, 3.63) is 59.7 Å². The van der Waals surface area contributed by atoms with Gasteiger partial charge in [-0.1, -0.05) is 29.8 Å². The van der Waals surface area contributed by atoms with Crippen molar-refractivity contribution < 1.29 is 13.9 Å². The zero-order valence-electron chi connectivity index (χ0n) is 13.2. The molecule has 0 bridgehead atoms. The van der Waals surface area contributed by atoms with E-state index in [1.165, 1.54) is 14.0 Å². The van der Waals surface area contributed by atoms with E-state index in [2.05, 4.69) is 5.10 Å². The number of benzene rings is 2. The second kappa shape index (κ2) is 5.50. The Kier molecular flexibility index (Phi) is 3.64. The zero-order chi connectivity index (χ0) is 16.6. The van der Waals surface area contributed by atoms with Crippen LogP contribution < -0.4 is 9.75 Å². The Labute approximate surface area is 134 Å². The Hall–Kier alpha value is -2.69. The first-order valence-corrected chi connectivity index (χ1v) is 7.28. The lowest BCUT2D eigenvalue weighted by Gasteiger charge is -2.22. The predicted molar refractivity (Wildman–Crippen MR) is 87.6 cm³/mol. The first-order chi connectivity index (χ1) is 11.0. The number of hydrazone groups is 1. The van der Waals surface area contributed by atoms with Gasteiger partial charge in [0.15, 0.2) is 0 Å². The number of nitrogens with zero attached hydrogens (tertiary/aromatic N) is 2. The van der Waals surface area contributed by atoms with Crippen molar-refractivity contribution in [3.8, 4) is 5.75 Å². The number of carbonyl (C=O) groups is 1. The Morgan fingerprint density at radius 2 is 1.83 bits per heavy atom. The number of amides is 1. The molecule has 1 heterocycles. The van der Waals surface area contributed by atoms with Gasteiger partial charge in [-0.3, -0.25) is 4.79 Å². The molecule has 1 atom stereocenters. The molecule has 4 nitrogen and oxygen atoms in total. The molecule has 2 aromatic carbocycles. The highest BCUT2D eigenvalue weighted by Crippen LogP contribution is 2.41. The second-order valence-corrected chi connectivity index (χ2v) is 5.50. The summed E-state index contributed by atoms with van der Waals surface area (Å²) in [6.45, 7) is 3.36. The molecule has 1 amide bonds. The molecule has 0 saturated carbocycles. The number of carbonyl (C=O) groups excluding carboxylic acids is 1. The number of hydrogen-bond acceptors (Lipinski definition) is 3. The molecule has 0 spiro atoms. The summed E-state index contributed by atoms with van der Waals surface area (Å²) >= 11 is 0. The van der Waals surface area contributed by atoms with Crippen molar-refractivity contribution in [1.29, 1.82) is 0 Å². The number of aryl methyl sites for hydroxylation is 1. The van der Waals surface area contributed by atoms with E-state index in [-0.39, 0.29) is 11.3 Å². The van der Waals surface area contributed by atoms with Crippen LogP contribution in [0.2, 0.25) is 0 Å². The van der Waals surface area contributed by atoms with Crippen LogP contribution in [0.25, 0.3) is 0 Å². The fraction of sp³-hybridized carbons (Fsp3) is 0.222. The molecule has 0 aromatic heterocycles. The first kappa shape index (κ1) is 15.2. The molecule has 1 unspecified atom stereocenters. The summed E-state index contributed by atoms with van der Waals surface area (Å²) < 4.78 is 21.0. The van der Waals surface area contributed by atoms with E-state index >= 15 is 4.39 Å². The monoisotopic (exact) mass is 312 g/mol. The van der Waals surface area contributed by atoms with Crippen LogP contribution in [0.1, 0.15) is 18.1 Å². The molecule has 1 aliphatic rings. The molecule has 118 valence electrons. The fourth-order valence-electron chi connectivity index (χ4n) is 2.71. The van der Waals surface area contributed by atoms with Gasteiger partial charge >= 0.3 is 0 Å². The standard InChI is InChI=1S/C18H17FN2O2/c1-12-9-10-16(23-3)15(11-12)18(19)13(2)20-21(17(18)22)14-7-5-4-6-8-14/h4-11H,1-3H3. The minimum absolute atomic E-state index is 0.0928. The zero-order valence-corrected chi connectivity index (χ0v) is 13.2. The molecular weight excluding hydrogens is 295 g/mol. The summed E-state index contributed by atoms with van der Waals surface area (Å²) in [5.41, 5.74) is -0.674. The lowest BCUT2D eigenvalue weighted by molar-refractivity contribution is -0.125. The lowest BCUT2D eigenvalue weighted by atomic mass is 9.89. The minimum Gasteiger partial charge on any atom is -0.496 e. The maximum atomic E-state index is 15.8. The molecule has 23 heavy (non-hydrogen) atoms. The van der Waals surface area contributed by atoms with Crippen LogP contribution in [0.5, 0.6) is 5.75 Å². The minimum atomic E-state index is -2.33. The van der Waals surface area contributed by atoms with Gasteiger partial charge in [-0.05, 0) is 38.1 Å². The van der Waals surface area contributed by atoms with Crippen molar-refractivity contribution in [3.63, 3.8) is 0 Å². The number of rotatable bonds is 3. The maximum absolute atomic E-state index is 15.8. The van der Waals surface area contributed by atoms with Crippen LogP contribution >= 0.6 is 0 Å². The molecule has 0 fully saturated rings. The van der Waals surface area contributed by atoms with Crippen LogP contribution in [0.15, 0.2) is 53.6 Å². The van der Waals surface area contributed by atoms with Crippen molar-refractivity contribution >= 4 is 17.3 Å². The molecule has 1 aliphatic heterocycles. The van der Waals surface area contributed by atoms with Gasteiger partial charge < -0.3 is 4.74 Å². The Morgan fingerprint density at radius 3 is 2.48 bits per heavy atom. The third kappa shape index (κ3) is 2.29. The van der Waals surface area contributed by atoms with Gasteiger partial charge in [-0.2, -0.15) is 10.1 Å². The number of ether oxygens (including phenoxy) is 1. The highest BCUT2D eigenvalue weighted by atomic mass is 19.1. The molecule has 0 radical (unpaired) electrons. The van der Waals surface area contributed by atoms with Gasteiger partial charge in [-0.15, -0.1) is 0 Å². The van der Waals surface area contributed by atoms with Crippen molar-refractivity contribution in [2.75, 3.05) is 12.1 Å². The molecule has 0 saturated heterocycles. The van der Waals surface area contributed by atoms with E-state index in [4.69, 9.17) is 4.74 Å². The van der Waals surface area contributed by atoms with Crippen molar-refractivity contribution in [2.45, 2.75) is 19.5 Å². The fourth-order valence-corrected chi connectivity index (χ4v) is 2.71. The Morgan fingerprint density at radius 1 is 1.13 bits per heavy atom. The smallest absolute Gasteiger partial charge is 0.295 e. The number of methoxy groups -OCH3 is 1. The summed E-state index contributed by atoms with van der Waals surface area (Å²) in [5.74, 6) is -0.402. The van der Waals surface area contributed by atoms with E-state index in [1.807, 2.05) is 19.1 Å². The van der Waals surface area contributed by atoms with Gasteiger partial charge in [0, 0.05) is 5.56 Å². The third-order valence-corrected chi connectivity index (χ3v) is 3.96. The summed E-state index contributed by atoms with van der Waals surface area (Å²) in [6.07, 6.45) is 0. The number of halogens is 1. The topological polar surface area (TPSA) is 41.9 Å². The maximum Gasteiger partial charge on any atom is 0.295 e. The number of hydrogen-bond donors (Lipinski definition) is 0. The summed E-state index contributed by atoms with van der Waals surface area (Å²) in [6, 6.07) is 13.9. The van der Waals surface area contributed by atoms with Crippen LogP contribution in [0.3, 0.4) is 0 Å². The largest absolute Gasteiger partial charge is 0.496 e. The number of alkyl halides is 1. The lowest BCUT2D eigenvalue weighted by Crippen LogP contribution is -2.39.